The third kappa shape index (κ3) is 3.34. The van der Waals surface area contributed by atoms with Crippen LogP contribution in [-0.2, 0) is 5.54 Å². The van der Waals surface area contributed by atoms with Crippen LogP contribution < -0.4 is 5.32 Å². The van der Waals surface area contributed by atoms with Gasteiger partial charge in [0.15, 0.2) is 0 Å². The molecule has 1 aromatic carbocycles. The van der Waals surface area contributed by atoms with Crippen LogP contribution in [0, 0.1) is 11.3 Å². The van der Waals surface area contributed by atoms with Gasteiger partial charge in [0.2, 0.25) is 0 Å². The molecule has 3 heteroatoms. The monoisotopic (exact) mass is 257 g/mol. The average Bonchev–Trinajstić information content (AvgIpc) is 2.51. The topological polar surface area (TPSA) is 39.1 Å². The van der Waals surface area contributed by atoms with Gasteiger partial charge in [0.25, 0.3) is 0 Å². The van der Waals surface area contributed by atoms with E-state index in [1.54, 1.807) is 0 Å². The molecule has 19 heavy (non-hydrogen) atoms. The number of piperidine rings is 1. The van der Waals surface area contributed by atoms with Gasteiger partial charge in [-0.25, -0.2) is 0 Å². The zero-order valence-corrected chi connectivity index (χ0v) is 11.7. The summed E-state index contributed by atoms with van der Waals surface area (Å²) in [5, 5.41) is 12.9. The van der Waals surface area contributed by atoms with Crippen molar-refractivity contribution in [2.75, 3.05) is 26.7 Å². The standard InChI is InChI=1S/C16H23N3/c1-18-16(14-17,15-8-4-2-5-9-15)10-13-19-11-6-3-7-12-19/h2,4-5,8-9,18H,3,6-7,10-13H2,1H3. The predicted octanol–water partition coefficient (Wildman–Crippen LogP) is 2.50. The molecule has 1 aliphatic rings. The minimum atomic E-state index is -0.557. The Kier molecular flexibility index (Phi) is 4.95. The number of hydrogen-bond donors (Lipinski definition) is 1. The van der Waals surface area contributed by atoms with Crippen LogP contribution in [0.1, 0.15) is 31.2 Å². The van der Waals surface area contributed by atoms with Gasteiger partial charge in [0, 0.05) is 6.54 Å². The Balaban J connectivity index is 2.05. The molecule has 1 heterocycles. The Morgan fingerprint density at radius 2 is 1.89 bits per heavy atom. The molecular formula is C16H23N3. The summed E-state index contributed by atoms with van der Waals surface area (Å²) in [6, 6.07) is 12.5. The van der Waals surface area contributed by atoms with E-state index in [2.05, 4.69) is 16.3 Å². The molecule has 0 saturated carbocycles. The van der Waals surface area contributed by atoms with Crippen LogP contribution in [-0.4, -0.2) is 31.6 Å². The lowest BCUT2D eigenvalue weighted by Crippen LogP contribution is -2.42. The first-order valence-electron chi connectivity index (χ1n) is 7.19. The first kappa shape index (κ1) is 14.0. The smallest absolute Gasteiger partial charge is 0.133 e. The molecule has 1 aromatic rings. The number of likely N-dealkylation sites (tertiary alicyclic amines) is 1. The molecule has 1 N–H and O–H groups in total. The normalized spacial score (nSPS) is 19.6. The number of hydrogen-bond acceptors (Lipinski definition) is 3. The largest absolute Gasteiger partial charge is 0.303 e. The number of nitrogens with one attached hydrogen (secondary N) is 1. The van der Waals surface area contributed by atoms with Crippen molar-refractivity contribution >= 4 is 0 Å². The third-order valence-electron chi connectivity index (χ3n) is 4.14. The summed E-state index contributed by atoms with van der Waals surface area (Å²) in [7, 11) is 1.88. The fourth-order valence-electron chi connectivity index (χ4n) is 2.82. The maximum absolute atomic E-state index is 9.63. The van der Waals surface area contributed by atoms with E-state index in [1.807, 2.05) is 37.4 Å². The van der Waals surface area contributed by atoms with Crippen molar-refractivity contribution in [1.82, 2.24) is 10.2 Å². The summed E-state index contributed by atoms with van der Waals surface area (Å²) in [5.74, 6) is 0. The van der Waals surface area contributed by atoms with Crippen molar-refractivity contribution in [1.29, 1.82) is 5.26 Å². The van der Waals surface area contributed by atoms with Crippen LogP contribution in [0.4, 0.5) is 0 Å². The van der Waals surface area contributed by atoms with E-state index in [0.29, 0.717) is 0 Å². The van der Waals surface area contributed by atoms with E-state index >= 15 is 0 Å². The van der Waals surface area contributed by atoms with Crippen molar-refractivity contribution in [2.24, 2.45) is 0 Å². The molecule has 3 nitrogen and oxygen atoms in total. The molecule has 102 valence electrons. The van der Waals surface area contributed by atoms with Gasteiger partial charge in [-0.15, -0.1) is 0 Å². The zero-order chi connectivity index (χ0) is 13.6. The molecule has 0 spiro atoms. The highest BCUT2D eigenvalue weighted by molar-refractivity contribution is 5.31. The summed E-state index contributed by atoms with van der Waals surface area (Å²) in [6.45, 7) is 3.35. The Morgan fingerprint density at radius 1 is 1.21 bits per heavy atom. The van der Waals surface area contributed by atoms with E-state index < -0.39 is 5.54 Å². The Morgan fingerprint density at radius 3 is 2.47 bits per heavy atom. The van der Waals surface area contributed by atoms with Crippen LogP contribution in [0.2, 0.25) is 0 Å². The SMILES string of the molecule is CNC(C#N)(CCN1CCCCC1)c1ccccc1. The fraction of sp³-hybridized carbons (Fsp3) is 0.562. The fourth-order valence-corrected chi connectivity index (χ4v) is 2.82. The summed E-state index contributed by atoms with van der Waals surface area (Å²) in [4.78, 5) is 2.48. The van der Waals surface area contributed by atoms with Crippen molar-refractivity contribution in [2.45, 2.75) is 31.2 Å². The molecule has 2 rings (SSSR count). The second-order valence-electron chi connectivity index (χ2n) is 5.29. The van der Waals surface area contributed by atoms with Crippen LogP contribution in [0.3, 0.4) is 0 Å². The van der Waals surface area contributed by atoms with Crippen LogP contribution in [0.15, 0.2) is 30.3 Å². The lowest BCUT2D eigenvalue weighted by atomic mass is 9.88. The molecule has 1 aliphatic heterocycles. The van der Waals surface area contributed by atoms with E-state index in [4.69, 9.17) is 0 Å². The predicted molar refractivity (Wildman–Crippen MR) is 77.7 cm³/mol. The molecule has 1 atom stereocenters. The molecule has 1 fully saturated rings. The summed E-state index contributed by atoms with van der Waals surface area (Å²) in [6.07, 6.45) is 4.78. The number of nitrogens with zero attached hydrogens (tertiary/aromatic N) is 2. The van der Waals surface area contributed by atoms with Crippen molar-refractivity contribution in [3.8, 4) is 6.07 Å². The lowest BCUT2D eigenvalue weighted by Gasteiger charge is -2.32. The Bertz CT molecular complexity index is 417. The molecule has 0 aromatic heterocycles. The van der Waals surface area contributed by atoms with Gasteiger partial charge in [-0.2, -0.15) is 5.26 Å². The molecule has 0 amide bonds. The molecular weight excluding hydrogens is 234 g/mol. The maximum Gasteiger partial charge on any atom is 0.133 e. The Labute approximate surface area is 116 Å². The van der Waals surface area contributed by atoms with E-state index in [-0.39, 0.29) is 0 Å². The maximum atomic E-state index is 9.63. The molecule has 1 unspecified atom stereocenters. The molecule has 0 aliphatic carbocycles. The van der Waals surface area contributed by atoms with Crippen molar-refractivity contribution < 1.29 is 0 Å². The highest BCUT2D eigenvalue weighted by Crippen LogP contribution is 2.25. The number of rotatable bonds is 5. The first-order chi connectivity index (χ1) is 9.30. The minimum absolute atomic E-state index is 0.557. The van der Waals surface area contributed by atoms with Crippen molar-refractivity contribution in [3.63, 3.8) is 0 Å². The summed E-state index contributed by atoms with van der Waals surface area (Å²) >= 11 is 0. The van der Waals surface area contributed by atoms with E-state index in [9.17, 15) is 5.26 Å². The summed E-state index contributed by atoms with van der Waals surface area (Å²) < 4.78 is 0. The van der Waals surface area contributed by atoms with Gasteiger partial charge in [-0.3, -0.25) is 5.32 Å². The Hall–Kier alpha value is -1.37. The average molecular weight is 257 g/mol. The highest BCUT2D eigenvalue weighted by Gasteiger charge is 2.30. The third-order valence-corrected chi connectivity index (χ3v) is 4.14. The second-order valence-corrected chi connectivity index (χ2v) is 5.29. The van der Waals surface area contributed by atoms with Gasteiger partial charge in [0.1, 0.15) is 5.54 Å². The van der Waals surface area contributed by atoms with Gasteiger partial charge >= 0.3 is 0 Å². The minimum Gasteiger partial charge on any atom is -0.303 e. The quantitative estimate of drug-likeness (QED) is 0.881. The highest BCUT2D eigenvalue weighted by atomic mass is 15.1. The van der Waals surface area contributed by atoms with Crippen LogP contribution in [0.25, 0.3) is 0 Å². The lowest BCUT2D eigenvalue weighted by molar-refractivity contribution is 0.208. The molecule has 0 radical (unpaired) electrons. The van der Waals surface area contributed by atoms with Crippen molar-refractivity contribution in [3.05, 3.63) is 35.9 Å². The van der Waals surface area contributed by atoms with E-state index in [1.165, 1.54) is 32.4 Å². The van der Waals surface area contributed by atoms with Crippen LogP contribution >= 0.6 is 0 Å². The number of nitriles is 1. The number of benzene rings is 1. The van der Waals surface area contributed by atoms with Gasteiger partial charge < -0.3 is 4.90 Å². The first-order valence-corrected chi connectivity index (χ1v) is 7.19. The van der Waals surface area contributed by atoms with Crippen LogP contribution in [0.5, 0.6) is 0 Å². The summed E-state index contributed by atoms with van der Waals surface area (Å²) in [5.41, 5.74) is 0.510. The zero-order valence-electron chi connectivity index (χ0n) is 11.7. The second kappa shape index (κ2) is 6.70. The van der Waals surface area contributed by atoms with Gasteiger partial charge in [-0.05, 0) is 45.0 Å². The van der Waals surface area contributed by atoms with Gasteiger partial charge in [-0.1, -0.05) is 36.8 Å². The molecule has 1 saturated heterocycles. The molecule has 0 bridgehead atoms. The van der Waals surface area contributed by atoms with E-state index in [0.717, 1.165) is 18.5 Å². The van der Waals surface area contributed by atoms with Gasteiger partial charge in [0.05, 0.1) is 6.07 Å².